The first-order valence-corrected chi connectivity index (χ1v) is 9.68. The van der Waals surface area contributed by atoms with Gasteiger partial charge in [-0.15, -0.1) is 0 Å². The summed E-state index contributed by atoms with van der Waals surface area (Å²) in [5, 5.41) is 12.6. The van der Waals surface area contributed by atoms with E-state index in [2.05, 4.69) is 10.3 Å². The van der Waals surface area contributed by atoms with Crippen molar-refractivity contribution in [3.8, 4) is 5.75 Å². The number of nitrogens with one attached hydrogen (secondary N) is 1. The summed E-state index contributed by atoms with van der Waals surface area (Å²) in [6.45, 7) is 0.308. The topological polar surface area (TPSA) is 65.5 Å². The molecule has 0 atom stereocenters. The molecule has 5 nitrogen and oxygen atoms in total. The first-order valence-electron chi connectivity index (χ1n) is 9.68. The van der Waals surface area contributed by atoms with Crippen molar-refractivity contribution in [2.45, 2.75) is 37.9 Å². The summed E-state index contributed by atoms with van der Waals surface area (Å²) >= 11 is 0. The Morgan fingerprint density at radius 1 is 1.23 bits per heavy atom. The van der Waals surface area contributed by atoms with E-state index in [1.807, 2.05) is 11.9 Å². The van der Waals surface area contributed by atoms with Gasteiger partial charge in [0.25, 0.3) is 5.91 Å². The number of pyridine rings is 1. The van der Waals surface area contributed by atoms with E-state index in [1.165, 1.54) is 0 Å². The van der Waals surface area contributed by atoms with Crippen LogP contribution in [0.4, 0.5) is 23.4 Å². The Morgan fingerprint density at radius 3 is 2.57 bits per heavy atom. The molecule has 0 spiro atoms. The van der Waals surface area contributed by atoms with Crippen LogP contribution in [-0.2, 0) is 6.18 Å². The number of alkyl halides is 3. The summed E-state index contributed by atoms with van der Waals surface area (Å²) in [7, 11) is 1.87. The molecule has 1 aromatic heterocycles. The van der Waals surface area contributed by atoms with Gasteiger partial charge in [-0.2, -0.15) is 13.2 Å². The number of aromatic hydroxyl groups is 1. The number of amides is 1. The molecular weight excluding hydrogens is 402 g/mol. The van der Waals surface area contributed by atoms with Crippen LogP contribution in [0.15, 0.2) is 36.5 Å². The highest BCUT2D eigenvalue weighted by atomic mass is 19.4. The number of carbonyl (C=O) groups is 1. The lowest BCUT2D eigenvalue weighted by atomic mass is 9.85. The van der Waals surface area contributed by atoms with E-state index in [4.69, 9.17) is 0 Å². The fraction of sp³-hybridized carbons (Fsp3) is 0.429. The molecule has 0 aliphatic heterocycles. The summed E-state index contributed by atoms with van der Waals surface area (Å²) in [4.78, 5) is 18.4. The van der Waals surface area contributed by atoms with Gasteiger partial charge < -0.3 is 15.3 Å². The zero-order chi connectivity index (χ0) is 21.9. The van der Waals surface area contributed by atoms with Crippen molar-refractivity contribution < 1.29 is 27.5 Å². The third kappa shape index (κ3) is 5.20. The van der Waals surface area contributed by atoms with E-state index < -0.39 is 23.5 Å². The Hall–Kier alpha value is -2.84. The van der Waals surface area contributed by atoms with Crippen molar-refractivity contribution in [2.24, 2.45) is 5.92 Å². The Bertz CT molecular complexity index is 896. The lowest BCUT2D eigenvalue weighted by molar-refractivity contribution is -0.137. The second-order valence-corrected chi connectivity index (χ2v) is 7.57. The summed E-state index contributed by atoms with van der Waals surface area (Å²) in [5.74, 6) is -1.02. The first kappa shape index (κ1) is 21.9. The van der Waals surface area contributed by atoms with Crippen LogP contribution in [0.2, 0.25) is 0 Å². The number of carbonyl (C=O) groups excluding carboxylic acids is 1. The van der Waals surface area contributed by atoms with Gasteiger partial charge in [0.15, 0.2) is 11.6 Å². The van der Waals surface area contributed by atoms with Gasteiger partial charge in [-0.25, -0.2) is 9.37 Å². The molecule has 0 bridgehead atoms. The highest BCUT2D eigenvalue weighted by Crippen LogP contribution is 2.32. The maximum absolute atomic E-state index is 13.5. The lowest BCUT2D eigenvalue weighted by Crippen LogP contribution is -2.38. The Morgan fingerprint density at radius 2 is 1.93 bits per heavy atom. The number of benzene rings is 1. The standard InChI is InChI=1S/C21H23F4N3O2/c1-28(19-18(29)3-2-8-26-19)17-6-4-13(5-7-17)12-27-20(30)14-9-15(21(23,24)25)11-16(22)10-14/h2-3,8-11,13,17,29H,4-7,12H2,1H3,(H,27,30). The van der Waals surface area contributed by atoms with Crippen molar-refractivity contribution in [3.63, 3.8) is 0 Å². The highest BCUT2D eigenvalue weighted by molar-refractivity contribution is 5.94. The average molecular weight is 425 g/mol. The Balaban J connectivity index is 1.53. The predicted octanol–water partition coefficient (Wildman–Crippen LogP) is 4.37. The third-order valence-electron chi connectivity index (χ3n) is 5.50. The minimum absolute atomic E-state index is 0.114. The van der Waals surface area contributed by atoms with Gasteiger partial charge in [0.1, 0.15) is 5.82 Å². The van der Waals surface area contributed by atoms with Gasteiger partial charge in [0.2, 0.25) is 0 Å². The third-order valence-corrected chi connectivity index (χ3v) is 5.50. The van der Waals surface area contributed by atoms with E-state index in [1.54, 1.807) is 18.3 Å². The van der Waals surface area contributed by atoms with E-state index in [-0.39, 0.29) is 23.3 Å². The lowest BCUT2D eigenvalue weighted by Gasteiger charge is -2.35. The Kier molecular flexibility index (Phi) is 6.48. The van der Waals surface area contributed by atoms with Crippen molar-refractivity contribution in [3.05, 3.63) is 53.5 Å². The molecule has 2 aromatic rings. The fourth-order valence-electron chi connectivity index (χ4n) is 3.79. The van der Waals surface area contributed by atoms with E-state index in [0.29, 0.717) is 24.5 Å². The van der Waals surface area contributed by atoms with Crippen LogP contribution in [0.3, 0.4) is 0 Å². The predicted molar refractivity (Wildman–Crippen MR) is 104 cm³/mol. The van der Waals surface area contributed by atoms with Gasteiger partial charge in [0, 0.05) is 31.4 Å². The van der Waals surface area contributed by atoms with Crippen molar-refractivity contribution in [1.82, 2.24) is 10.3 Å². The number of hydrogen-bond donors (Lipinski definition) is 2. The van der Waals surface area contributed by atoms with Crippen LogP contribution in [-0.4, -0.2) is 35.6 Å². The monoisotopic (exact) mass is 425 g/mol. The first-order chi connectivity index (χ1) is 14.1. The summed E-state index contributed by atoms with van der Waals surface area (Å²) in [5.41, 5.74) is -1.53. The SMILES string of the molecule is CN(c1ncccc1O)C1CCC(CNC(=O)c2cc(F)cc(C(F)(F)F)c2)CC1. The molecule has 1 saturated carbocycles. The number of halogens is 4. The molecule has 9 heteroatoms. The normalized spacial score (nSPS) is 19.4. The summed E-state index contributed by atoms with van der Waals surface area (Å²) in [6.07, 6.45) is 0.156. The molecule has 1 fully saturated rings. The second kappa shape index (κ2) is 8.89. The van der Waals surface area contributed by atoms with Gasteiger partial charge in [0.05, 0.1) is 5.56 Å². The maximum Gasteiger partial charge on any atom is 0.416 e. The average Bonchev–Trinajstić information content (AvgIpc) is 2.71. The molecule has 1 aliphatic rings. The quantitative estimate of drug-likeness (QED) is 0.699. The van der Waals surface area contributed by atoms with Crippen LogP contribution >= 0.6 is 0 Å². The second-order valence-electron chi connectivity index (χ2n) is 7.57. The van der Waals surface area contributed by atoms with Crippen molar-refractivity contribution in [2.75, 3.05) is 18.5 Å². The van der Waals surface area contributed by atoms with Crippen LogP contribution in [0.5, 0.6) is 5.75 Å². The van der Waals surface area contributed by atoms with Gasteiger partial charge in [-0.3, -0.25) is 4.79 Å². The molecule has 0 radical (unpaired) electrons. The van der Waals surface area contributed by atoms with E-state index in [0.717, 1.165) is 31.7 Å². The van der Waals surface area contributed by atoms with Gasteiger partial charge >= 0.3 is 6.18 Å². The zero-order valence-electron chi connectivity index (χ0n) is 16.4. The molecule has 0 unspecified atom stereocenters. The van der Waals surface area contributed by atoms with Gasteiger partial charge in [-0.05, 0) is 61.9 Å². The van der Waals surface area contributed by atoms with Crippen LogP contribution in [0.25, 0.3) is 0 Å². The highest BCUT2D eigenvalue weighted by Gasteiger charge is 2.32. The summed E-state index contributed by atoms with van der Waals surface area (Å²) < 4.78 is 51.9. The zero-order valence-corrected chi connectivity index (χ0v) is 16.4. The van der Waals surface area contributed by atoms with E-state index >= 15 is 0 Å². The van der Waals surface area contributed by atoms with Gasteiger partial charge in [-0.1, -0.05) is 0 Å². The molecule has 1 aliphatic carbocycles. The molecule has 1 aromatic carbocycles. The fourth-order valence-corrected chi connectivity index (χ4v) is 3.79. The smallest absolute Gasteiger partial charge is 0.416 e. The van der Waals surface area contributed by atoms with Crippen molar-refractivity contribution in [1.29, 1.82) is 0 Å². The minimum atomic E-state index is -4.72. The molecular formula is C21H23F4N3O2. The van der Waals surface area contributed by atoms with Crippen LogP contribution in [0.1, 0.15) is 41.6 Å². The molecule has 2 N–H and O–H groups in total. The number of rotatable bonds is 5. The van der Waals surface area contributed by atoms with Crippen molar-refractivity contribution >= 4 is 11.7 Å². The molecule has 3 rings (SSSR count). The largest absolute Gasteiger partial charge is 0.504 e. The Labute approximate surface area is 171 Å². The molecule has 30 heavy (non-hydrogen) atoms. The summed E-state index contributed by atoms with van der Waals surface area (Å²) in [6, 6.07) is 5.25. The van der Waals surface area contributed by atoms with E-state index in [9.17, 15) is 27.5 Å². The maximum atomic E-state index is 13.5. The number of anilines is 1. The van der Waals surface area contributed by atoms with Crippen LogP contribution in [0, 0.1) is 11.7 Å². The number of aromatic nitrogens is 1. The van der Waals surface area contributed by atoms with Crippen LogP contribution < -0.4 is 10.2 Å². The molecule has 0 saturated heterocycles. The molecule has 1 heterocycles. The number of nitrogens with zero attached hydrogens (tertiary/aromatic N) is 2. The minimum Gasteiger partial charge on any atom is -0.504 e. The molecule has 1 amide bonds. The molecule has 162 valence electrons. The number of hydrogen-bond acceptors (Lipinski definition) is 4.